The molecule has 1 unspecified atom stereocenters. The van der Waals surface area contributed by atoms with E-state index < -0.39 is 0 Å². The van der Waals surface area contributed by atoms with Crippen molar-refractivity contribution in [3.63, 3.8) is 0 Å². The van der Waals surface area contributed by atoms with Gasteiger partial charge in [0.1, 0.15) is 0 Å². The van der Waals surface area contributed by atoms with Crippen molar-refractivity contribution in [3.8, 4) is 0 Å². The quantitative estimate of drug-likeness (QED) is 0.711. The Morgan fingerprint density at radius 2 is 1.62 bits per heavy atom. The molecule has 0 amide bonds. The van der Waals surface area contributed by atoms with Crippen LogP contribution in [0.25, 0.3) is 0 Å². The first-order valence-corrected chi connectivity index (χ1v) is 5.57. The molecule has 1 aliphatic carbocycles. The molecule has 0 bridgehead atoms. The average Bonchev–Trinajstić information content (AvgIpc) is 2.81. The Morgan fingerprint density at radius 3 is 1.92 bits per heavy atom. The van der Waals surface area contributed by atoms with Crippen LogP contribution in [0.4, 0.5) is 0 Å². The fraction of sp³-hybridized carbons (Fsp3) is 1.00. The van der Waals surface area contributed by atoms with Gasteiger partial charge in [-0.3, -0.25) is 0 Å². The van der Waals surface area contributed by atoms with Gasteiger partial charge in [0.25, 0.3) is 0 Å². The Balaban J connectivity index is 2.39. The zero-order valence-electron chi connectivity index (χ0n) is 9.69. The van der Waals surface area contributed by atoms with Crippen LogP contribution in [0.3, 0.4) is 0 Å². The maximum Gasteiger partial charge on any atom is -0.00205 e. The Hall–Kier alpha value is -0.0400. The summed E-state index contributed by atoms with van der Waals surface area (Å²) in [7, 11) is 0. The van der Waals surface area contributed by atoms with Crippen molar-refractivity contribution in [1.29, 1.82) is 0 Å². The zero-order chi connectivity index (χ0) is 10.1. The minimum absolute atomic E-state index is 0.438. The van der Waals surface area contributed by atoms with Crippen molar-refractivity contribution in [2.75, 3.05) is 6.54 Å². The SMILES string of the molecule is CC(C)(C)CCC(C)(CN)C1CC1. The zero-order valence-corrected chi connectivity index (χ0v) is 9.69. The van der Waals surface area contributed by atoms with Gasteiger partial charge >= 0.3 is 0 Å². The molecule has 13 heavy (non-hydrogen) atoms. The van der Waals surface area contributed by atoms with E-state index in [0.29, 0.717) is 10.8 Å². The summed E-state index contributed by atoms with van der Waals surface area (Å²) in [5, 5.41) is 0. The van der Waals surface area contributed by atoms with Gasteiger partial charge in [-0.2, -0.15) is 0 Å². The van der Waals surface area contributed by atoms with E-state index in [0.717, 1.165) is 12.5 Å². The van der Waals surface area contributed by atoms with Gasteiger partial charge in [-0.25, -0.2) is 0 Å². The van der Waals surface area contributed by atoms with Crippen LogP contribution in [0.15, 0.2) is 0 Å². The monoisotopic (exact) mass is 183 g/mol. The van der Waals surface area contributed by atoms with Crippen LogP contribution in [0.5, 0.6) is 0 Å². The van der Waals surface area contributed by atoms with Gasteiger partial charge in [-0.15, -0.1) is 0 Å². The summed E-state index contributed by atoms with van der Waals surface area (Å²) in [4.78, 5) is 0. The van der Waals surface area contributed by atoms with Crippen LogP contribution >= 0.6 is 0 Å². The molecule has 1 nitrogen and oxygen atoms in total. The first kappa shape index (κ1) is 11.0. The van der Waals surface area contributed by atoms with Gasteiger partial charge in [0.15, 0.2) is 0 Å². The van der Waals surface area contributed by atoms with Gasteiger partial charge < -0.3 is 5.73 Å². The summed E-state index contributed by atoms with van der Waals surface area (Å²) in [5.41, 5.74) is 6.78. The lowest BCUT2D eigenvalue weighted by atomic mass is 9.76. The van der Waals surface area contributed by atoms with Crippen molar-refractivity contribution in [1.82, 2.24) is 0 Å². The molecule has 0 heterocycles. The molecule has 1 atom stereocenters. The van der Waals surface area contributed by atoms with Crippen LogP contribution in [-0.4, -0.2) is 6.54 Å². The second-order valence-corrected chi connectivity index (χ2v) is 6.19. The van der Waals surface area contributed by atoms with Crippen LogP contribution in [0, 0.1) is 16.7 Å². The van der Waals surface area contributed by atoms with E-state index in [1.54, 1.807) is 0 Å². The molecule has 0 aromatic heterocycles. The molecule has 1 fully saturated rings. The lowest BCUT2D eigenvalue weighted by Crippen LogP contribution is -2.30. The number of nitrogens with two attached hydrogens (primary N) is 1. The number of hydrogen-bond donors (Lipinski definition) is 1. The summed E-state index contributed by atoms with van der Waals surface area (Å²) in [5.74, 6) is 0.930. The molecule has 1 heteroatoms. The van der Waals surface area contributed by atoms with Gasteiger partial charge in [0, 0.05) is 0 Å². The topological polar surface area (TPSA) is 26.0 Å². The highest BCUT2D eigenvalue weighted by molar-refractivity contribution is 4.92. The Bertz CT molecular complexity index is 164. The Morgan fingerprint density at radius 1 is 1.08 bits per heavy atom. The van der Waals surface area contributed by atoms with Crippen molar-refractivity contribution in [2.45, 2.75) is 53.4 Å². The largest absolute Gasteiger partial charge is 0.330 e. The lowest BCUT2D eigenvalue weighted by molar-refractivity contribution is 0.210. The molecule has 78 valence electrons. The third-order valence-corrected chi connectivity index (χ3v) is 3.48. The molecule has 0 aromatic carbocycles. The Kier molecular flexibility index (Phi) is 3.06. The van der Waals surface area contributed by atoms with E-state index >= 15 is 0 Å². The van der Waals surface area contributed by atoms with Gasteiger partial charge in [-0.05, 0) is 49.0 Å². The van der Waals surface area contributed by atoms with E-state index in [1.807, 2.05) is 0 Å². The first-order chi connectivity index (χ1) is 5.87. The van der Waals surface area contributed by atoms with Crippen LogP contribution in [0.2, 0.25) is 0 Å². The molecule has 1 saturated carbocycles. The molecule has 0 saturated heterocycles. The lowest BCUT2D eigenvalue weighted by Gasteiger charge is -2.31. The van der Waals surface area contributed by atoms with Gasteiger partial charge in [0.2, 0.25) is 0 Å². The number of rotatable bonds is 4. The first-order valence-electron chi connectivity index (χ1n) is 5.57. The van der Waals surface area contributed by atoms with E-state index in [9.17, 15) is 0 Å². The van der Waals surface area contributed by atoms with E-state index in [1.165, 1.54) is 25.7 Å². The summed E-state index contributed by atoms with van der Waals surface area (Å²) in [6.07, 6.45) is 5.44. The van der Waals surface area contributed by atoms with Crippen molar-refractivity contribution >= 4 is 0 Å². The molecule has 0 spiro atoms. The smallest absolute Gasteiger partial charge is 0.00205 e. The second kappa shape index (κ2) is 3.61. The molecule has 1 rings (SSSR count). The third kappa shape index (κ3) is 3.30. The van der Waals surface area contributed by atoms with E-state index in [2.05, 4.69) is 27.7 Å². The molecular weight excluding hydrogens is 158 g/mol. The standard InChI is InChI=1S/C12H25N/c1-11(2,3)7-8-12(4,9-13)10-5-6-10/h10H,5-9,13H2,1-4H3. The fourth-order valence-electron chi connectivity index (χ4n) is 1.91. The summed E-state index contributed by atoms with van der Waals surface area (Å²) in [6, 6.07) is 0. The average molecular weight is 183 g/mol. The van der Waals surface area contributed by atoms with Crippen molar-refractivity contribution in [3.05, 3.63) is 0 Å². The fourth-order valence-corrected chi connectivity index (χ4v) is 1.91. The van der Waals surface area contributed by atoms with E-state index in [-0.39, 0.29) is 0 Å². The number of hydrogen-bond acceptors (Lipinski definition) is 1. The van der Waals surface area contributed by atoms with Gasteiger partial charge in [-0.1, -0.05) is 27.7 Å². The molecule has 2 N–H and O–H groups in total. The van der Waals surface area contributed by atoms with Gasteiger partial charge in [0.05, 0.1) is 0 Å². The third-order valence-electron chi connectivity index (χ3n) is 3.48. The predicted octanol–water partition coefficient (Wildman–Crippen LogP) is 3.19. The highest BCUT2D eigenvalue weighted by Gasteiger charge is 2.40. The van der Waals surface area contributed by atoms with Crippen LogP contribution < -0.4 is 5.73 Å². The summed E-state index contributed by atoms with van der Waals surface area (Å²) < 4.78 is 0. The summed E-state index contributed by atoms with van der Waals surface area (Å²) >= 11 is 0. The molecule has 0 aliphatic heterocycles. The molecule has 0 radical (unpaired) electrons. The summed E-state index contributed by atoms with van der Waals surface area (Å²) in [6.45, 7) is 10.2. The molecule has 0 aromatic rings. The van der Waals surface area contributed by atoms with Crippen molar-refractivity contribution in [2.24, 2.45) is 22.5 Å². The Labute approximate surface area is 83.1 Å². The van der Waals surface area contributed by atoms with Crippen LogP contribution in [0.1, 0.15) is 53.4 Å². The van der Waals surface area contributed by atoms with Crippen LogP contribution in [-0.2, 0) is 0 Å². The predicted molar refractivity (Wildman–Crippen MR) is 58.6 cm³/mol. The maximum atomic E-state index is 5.88. The molecule has 1 aliphatic rings. The molecular formula is C12H25N. The highest BCUT2D eigenvalue weighted by atomic mass is 14.6. The highest BCUT2D eigenvalue weighted by Crippen LogP contribution is 2.48. The minimum Gasteiger partial charge on any atom is -0.330 e. The van der Waals surface area contributed by atoms with E-state index in [4.69, 9.17) is 5.73 Å². The second-order valence-electron chi connectivity index (χ2n) is 6.19. The normalized spacial score (nSPS) is 22.8. The van der Waals surface area contributed by atoms with Crippen molar-refractivity contribution < 1.29 is 0 Å². The maximum absolute atomic E-state index is 5.88. The minimum atomic E-state index is 0.438.